The lowest BCUT2D eigenvalue weighted by atomic mass is 10.2. The van der Waals surface area contributed by atoms with Crippen LogP contribution in [-0.2, 0) is 21.5 Å². The van der Waals surface area contributed by atoms with Crippen LogP contribution in [-0.4, -0.2) is 18.8 Å². The van der Waals surface area contributed by atoms with Gasteiger partial charge in [0.15, 0.2) is 0 Å². The van der Waals surface area contributed by atoms with E-state index >= 15 is 0 Å². The second-order valence-corrected chi connectivity index (χ2v) is 6.01. The van der Waals surface area contributed by atoms with Crippen molar-refractivity contribution < 1.29 is 18.0 Å². The monoisotopic (exact) mass is 289 g/mol. The Morgan fingerprint density at radius 2 is 1.60 bits per heavy atom. The van der Waals surface area contributed by atoms with Crippen LogP contribution >= 0.6 is 0 Å². The van der Waals surface area contributed by atoms with Crippen molar-refractivity contribution in [2.45, 2.75) is 11.5 Å². The molecule has 1 aliphatic rings. The molecule has 0 aliphatic carbocycles. The molecule has 102 valence electrons. The summed E-state index contributed by atoms with van der Waals surface area (Å²) in [6.45, 7) is 0.0137. The Hall–Kier alpha value is -2.18. The molecule has 2 aromatic carbocycles. The predicted octanol–water partition coefficient (Wildman–Crippen LogP) is 1.96. The van der Waals surface area contributed by atoms with Gasteiger partial charge in [-0.1, -0.05) is 46.9 Å². The molecular formula is C14H11NO4S. The maximum Gasteiger partial charge on any atom is 0.293 e. The van der Waals surface area contributed by atoms with Gasteiger partial charge in [0.2, 0.25) is 0 Å². The van der Waals surface area contributed by atoms with Gasteiger partial charge < -0.3 is 0 Å². The van der Waals surface area contributed by atoms with Crippen molar-refractivity contribution in [3.8, 4) is 0 Å². The minimum absolute atomic E-state index is 0.0137. The van der Waals surface area contributed by atoms with Gasteiger partial charge in [-0.15, -0.1) is 0 Å². The first-order chi connectivity index (χ1) is 9.60. The Morgan fingerprint density at radius 1 is 0.950 bits per heavy atom. The summed E-state index contributed by atoms with van der Waals surface area (Å²) < 4.78 is 24.9. The third-order valence-electron chi connectivity index (χ3n) is 2.97. The highest BCUT2D eigenvalue weighted by molar-refractivity contribution is 7.90. The third-order valence-corrected chi connectivity index (χ3v) is 4.59. The SMILES string of the molecule is O=C1c2ccccc2S(=O)(=O)N1OCc1ccccc1. The fourth-order valence-electron chi connectivity index (χ4n) is 2.00. The van der Waals surface area contributed by atoms with Crippen LogP contribution in [0.15, 0.2) is 59.5 Å². The molecule has 0 fully saturated rings. The standard InChI is InChI=1S/C14H11NO4S/c16-14-12-8-4-5-9-13(12)20(17,18)15(14)19-10-11-6-2-1-3-7-11/h1-9H,10H2. The van der Waals surface area contributed by atoms with Crippen molar-refractivity contribution in [2.24, 2.45) is 0 Å². The number of carbonyl (C=O) groups is 1. The van der Waals surface area contributed by atoms with E-state index in [0.29, 0.717) is 4.47 Å². The van der Waals surface area contributed by atoms with Crippen LogP contribution in [0.2, 0.25) is 0 Å². The van der Waals surface area contributed by atoms with Crippen molar-refractivity contribution in [3.05, 3.63) is 65.7 Å². The predicted molar refractivity (Wildman–Crippen MR) is 71.0 cm³/mol. The van der Waals surface area contributed by atoms with Crippen molar-refractivity contribution in [2.75, 3.05) is 0 Å². The molecule has 1 aliphatic heterocycles. The van der Waals surface area contributed by atoms with Gasteiger partial charge in [0.05, 0.1) is 5.56 Å². The Bertz CT molecular complexity index is 756. The quantitative estimate of drug-likeness (QED) is 0.866. The van der Waals surface area contributed by atoms with E-state index in [4.69, 9.17) is 4.84 Å². The van der Waals surface area contributed by atoms with Crippen LogP contribution in [0.25, 0.3) is 0 Å². The number of sulfonamides is 1. The number of nitrogens with zero attached hydrogens (tertiary/aromatic N) is 1. The van der Waals surface area contributed by atoms with E-state index in [9.17, 15) is 13.2 Å². The number of hydrogen-bond donors (Lipinski definition) is 0. The molecule has 0 radical (unpaired) electrons. The molecule has 0 saturated carbocycles. The summed E-state index contributed by atoms with van der Waals surface area (Å²) in [5, 5.41) is 0. The maximum atomic E-state index is 12.2. The van der Waals surface area contributed by atoms with E-state index in [1.165, 1.54) is 12.1 Å². The van der Waals surface area contributed by atoms with Gasteiger partial charge in [-0.05, 0) is 17.7 Å². The lowest BCUT2D eigenvalue weighted by molar-refractivity contribution is -0.0671. The van der Waals surface area contributed by atoms with Gasteiger partial charge >= 0.3 is 0 Å². The van der Waals surface area contributed by atoms with Crippen LogP contribution in [0.1, 0.15) is 15.9 Å². The molecular weight excluding hydrogens is 278 g/mol. The summed E-state index contributed by atoms with van der Waals surface area (Å²) >= 11 is 0. The number of hydrogen-bond acceptors (Lipinski definition) is 4. The first-order valence-electron chi connectivity index (χ1n) is 5.96. The number of fused-ring (bicyclic) bond motifs is 1. The first-order valence-corrected chi connectivity index (χ1v) is 7.40. The first kappa shape index (κ1) is 12.8. The van der Waals surface area contributed by atoms with Crippen molar-refractivity contribution >= 4 is 15.9 Å². The number of hydroxylamine groups is 1. The van der Waals surface area contributed by atoms with Crippen LogP contribution < -0.4 is 0 Å². The zero-order chi connectivity index (χ0) is 14.2. The van der Waals surface area contributed by atoms with Crippen molar-refractivity contribution in [1.29, 1.82) is 0 Å². The number of amides is 1. The molecule has 3 rings (SSSR count). The van der Waals surface area contributed by atoms with Gasteiger partial charge in [0.25, 0.3) is 15.9 Å². The summed E-state index contributed by atoms with van der Waals surface area (Å²) in [6, 6.07) is 15.1. The molecule has 1 heterocycles. The molecule has 5 nitrogen and oxygen atoms in total. The van der Waals surface area contributed by atoms with Gasteiger partial charge in [0, 0.05) is 0 Å². The summed E-state index contributed by atoms with van der Waals surface area (Å²) in [5.74, 6) is -0.656. The topological polar surface area (TPSA) is 63.7 Å². The Balaban J connectivity index is 1.88. The van der Waals surface area contributed by atoms with Crippen LogP contribution in [0.5, 0.6) is 0 Å². The molecule has 20 heavy (non-hydrogen) atoms. The van der Waals surface area contributed by atoms with Crippen molar-refractivity contribution in [3.63, 3.8) is 0 Å². The molecule has 0 bridgehead atoms. The van der Waals surface area contributed by atoms with Gasteiger partial charge in [-0.25, -0.2) is 0 Å². The van der Waals surface area contributed by atoms with Crippen LogP contribution in [0.4, 0.5) is 0 Å². The Kier molecular flexibility index (Phi) is 3.04. The van der Waals surface area contributed by atoms with Crippen molar-refractivity contribution in [1.82, 2.24) is 4.47 Å². The summed E-state index contributed by atoms with van der Waals surface area (Å²) in [7, 11) is -3.90. The zero-order valence-electron chi connectivity index (χ0n) is 10.4. The highest BCUT2D eigenvalue weighted by atomic mass is 32.2. The molecule has 0 atom stereocenters. The normalized spacial score (nSPS) is 16.2. The van der Waals surface area contributed by atoms with E-state index in [2.05, 4.69) is 0 Å². The van der Waals surface area contributed by atoms with E-state index in [1.54, 1.807) is 24.3 Å². The average Bonchev–Trinajstić information content (AvgIpc) is 2.66. The summed E-state index contributed by atoms with van der Waals surface area (Å²) in [5.41, 5.74) is 0.923. The fourth-order valence-corrected chi connectivity index (χ4v) is 3.37. The minimum atomic E-state index is -3.90. The van der Waals surface area contributed by atoms with Gasteiger partial charge in [0.1, 0.15) is 11.5 Å². The second-order valence-electron chi connectivity index (χ2n) is 4.29. The Morgan fingerprint density at radius 3 is 2.30 bits per heavy atom. The lowest BCUT2D eigenvalue weighted by Crippen LogP contribution is -2.30. The number of rotatable bonds is 3. The smallest absolute Gasteiger partial charge is 0.266 e. The Labute approximate surface area is 116 Å². The zero-order valence-corrected chi connectivity index (χ0v) is 11.2. The number of carbonyl (C=O) groups excluding carboxylic acids is 1. The molecule has 0 saturated heterocycles. The molecule has 0 spiro atoms. The summed E-state index contributed by atoms with van der Waals surface area (Å²) in [6.07, 6.45) is 0. The molecule has 2 aromatic rings. The minimum Gasteiger partial charge on any atom is -0.266 e. The molecule has 0 aromatic heterocycles. The maximum absolute atomic E-state index is 12.2. The van der Waals surface area contributed by atoms with E-state index in [1.807, 2.05) is 18.2 Å². The van der Waals surface area contributed by atoms with E-state index in [-0.39, 0.29) is 17.1 Å². The molecule has 6 heteroatoms. The molecule has 0 N–H and O–H groups in total. The lowest BCUT2D eigenvalue weighted by Gasteiger charge is -2.14. The van der Waals surface area contributed by atoms with E-state index < -0.39 is 15.9 Å². The summed E-state index contributed by atoms with van der Waals surface area (Å²) in [4.78, 5) is 17.2. The number of benzene rings is 2. The van der Waals surface area contributed by atoms with E-state index in [0.717, 1.165) is 5.56 Å². The largest absolute Gasteiger partial charge is 0.293 e. The highest BCUT2D eigenvalue weighted by Crippen LogP contribution is 2.30. The van der Waals surface area contributed by atoms with Gasteiger partial charge in [-0.2, -0.15) is 8.42 Å². The second kappa shape index (κ2) is 4.73. The van der Waals surface area contributed by atoms with Crippen LogP contribution in [0, 0.1) is 0 Å². The highest BCUT2D eigenvalue weighted by Gasteiger charge is 2.42. The van der Waals surface area contributed by atoms with Gasteiger partial charge in [-0.3, -0.25) is 9.63 Å². The fraction of sp³-hybridized carbons (Fsp3) is 0.0714. The molecule has 1 amide bonds. The third kappa shape index (κ3) is 1.99. The molecule has 0 unspecified atom stereocenters. The average molecular weight is 289 g/mol. The van der Waals surface area contributed by atoms with Crippen LogP contribution in [0.3, 0.4) is 0 Å².